The lowest BCUT2D eigenvalue weighted by molar-refractivity contribution is 0.567. The van der Waals surface area contributed by atoms with Crippen molar-refractivity contribution < 1.29 is 8.78 Å². The lowest BCUT2D eigenvalue weighted by Crippen LogP contribution is -2.05. The van der Waals surface area contributed by atoms with Crippen molar-refractivity contribution in [2.24, 2.45) is 0 Å². The van der Waals surface area contributed by atoms with E-state index >= 15 is 0 Å². The van der Waals surface area contributed by atoms with Crippen molar-refractivity contribution in [1.82, 2.24) is 4.98 Å². The van der Waals surface area contributed by atoms with Crippen LogP contribution in [-0.2, 0) is 0 Å². The molecule has 0 bridgehead atoms. The fraction of sp³-hybridized carbons (Fsp3) is 0.231. The lowest BCUT2D eigenvalue weighted by Gasteiger charge is -2.13. The molecule has 0 amide bonds. The van der Waals surface area contributed by atoms with Crippen LogP contribution in [0.5, 0.6) is 0 Å². The molecule has 0 saturated carbocycles. The highest BCUT2D eigenvalue weighted by molar-refractivity contribution is 6.00. The Labute approximate surface area is 104 Å². The zero-order chi connectivity index (χ0) is 13.3. The second kappa shape index (κ2) is 4.68. The second-order valence-electron chi connectivity index (χ2n) is 4.12. The quantitative estimate of drug-likeness (QED) is 0.789. The third-order valence-electron chi connectivity index (χ3n) is 2.78. The van der Waals surface area contributed by atoms with Crippen LogP contribution in [0.3, 0.4) is 0 Å². The van der Waals surface area contributed by atoms with Gasteiger partial charge in [0, 0.05) is 17.7 Å². The van der Waals surface area contributed by atoms with Crippen LogP contribution in [0.1, 0.15) is 31.0 Å². The molecule has 2 rings (SSSR count). The molecule has 94 valence electrons. The van der Waals surface area contributed by atoms with E-state index in [-0.39, 0.29) is 29.2 Å². The van der Waals surface area contributed by atoms with Crippen LogP contribution >= 0.6 is 0 Å². The summed E-state index contributed by atoms with van der Waals surface area (Å²) < 4.78 is 27.3. The molecular weight excluding hydrogens is 236 g/mol. The molecular formula is C13H13F2N3. The first-order chi connectivity index (χ1) is 8.50. The van der Waals surface area contributed by atoms with Gasteiger partial charge in [-0.2, -0.15) is 0 Å². The smallest absolute Gasteiger partial charge is 0.133 e. The predicted octanol–water partition coefficient (Wildman–Crippen LogP) is 3.38. The number of nitrogens with two attached hydrogens (primary N) is 1. The molecule has 1 heterocycles. The summed E-state index contributed by atoms with van der Waals surface area (Å²) in [6.07, 6.45) is 1.87. The van der Waals surface area contributed by atoms with Gasteiger partial charge in [-0.15, -0.1) is 0 Å². The molecule has 0 unspecified atom stereocenters. The maximum Gasteiger partial charge on any atom is 0.133 e. The number of pyridine rings is 1. The number of anilines is 1. The van der Waals surface area contributed by atoms with Crippen molar-refractivity contribution in [1.29, 1.82) is 5.41 Å². The minimum Gasteiger partial charge on any atom is -0.383 e. The predicted molar refractivity (Wildman–Crippen MR) is 67.6 cm³/mol. The molecule has 0 atom stereocenters. The molecule has 0 saturated heterocycles. The number of nitrogens with zero attached hydrogens (tertiary/aromatic N) is 1. The van der Waals surface area contributed by atoms with Crippen LogP contribution in [0, 0.1) is 5.41 Å². The number of hydrogen-bond donors (Lipinski definition) is 2. The van der Waals surface area contributed by atoms with Gasteiger partial charge in [-0.1, -0.05) is 0 Å². The Hall–Kier alpha value is -2.04. The highest BCUT2D eigenvalue weighted by atomic mass is 19.1. The van der Waals surface area contributed by atoms with E-state index in [1.807, 2.05) is 0 Å². The minimum atomic E-state index is -0.607. The Morgan fingerprint density at radius 1 is 1.39 bits per heavy atom. The van der Waals surface area contributed by atoms with Crippen molar-refractivity contribution in [3.8, 4) is 0 Å². The van der Waals surface area contributed by atoms with E-state index in [2.05, 4.69) is 4.98 Å². The fourth-order valence-electron chi connectivity index (χ4n) is 1.87. The lowest BCUT2D eigenvalue weighted by atomic mass is 10.0. The Kier molecular flexibility index (Phi) is 3.23. The third kappa shape index (κ3) is 2.16. The summed E-state index contributed by atoms with van der Waals surface area (Å²) in [5, 5.41) is 7.48. The van der Waals surface area contributed by atoms with Crippen LogP contribution in [0.25, 0.3) is 5.57 Å². The molecule has 0 fully saturated rings. The second-order valence-corrected chi connectivity index (χ2v) is 4.12. The van der Waals surface area contributed by atoms with Gasteiger partial charge in [0.25, 0.3) is 0 Å². The number of halogens is 2. The topological polar surface area (TPSA) is 62.8 Å². The van der Waals surface area contributed by atoms with Crippen LogP contribution in [0.15, 0.2) is 29.9 Å². The van der Waals surface area contributed by atoms with Gasteiger partial charge in [0.15, 0.2) is 0 Å². The van der Waals surface area contributed by atoms with Crippen molar-refractivity contribution >= 4 is 17.1 Å². The SMILES string of the molecule is CC(=N)c1ccc(C2=C(F)CCC=C2F)nc1N. The maximum absolute atomic E-state index is 13.7. The van der Waals surface area contributed by atoms with E-state index < -0.39 is 11.7 Å². The van der Waals surface area contributed by atoms with E-state index in [1.54, 1.807) is 13.0 Å². The third-order valence-corrected chi connectivity index (χ3v) is 2.78. The normalized spacial score (nSPS) is 15.6. The summed E-state index contributed by atoms with van der Waals surface area (Å²) >= 11 is 0. The van der Waals surface area contributed by atoms with Crippen LogP contribution in [-0.4, -0.2) is 10.7 Å². The van der Waals surface area contributed by atoms with Crippen molar-refractivity contribution in [2.45, 2.75) is 19.8 Å². The van der Waals surface area contributed by atoms with E-state index in [1.165, 1.54) is 12.1 Å². The Bertz CT molecular complexity index is 574. The van der Waals surface area contributed by atoms with Gasteiger partial charge in [0.2, 0.25) is 0 Å². The first-order valence-corrected chi connectivity index (χ1v) is 5.58. The average Bonchev–Trinajstić information content (AvgIpc) is 2.28. The molecule has 18 heavy (non-hydrogen) atoms. The molecule has 0 aromatic carbocycles. The van der Waals surface area contributed by atoms with Gasteiger partial charge in [-0.25, -0.2) is 13.8 Å². The van der Waals surface area contributed by atoms with Gasteiger partial charge in [-0.3, -0.25) is 0 Å². The number of nitrogens with one attached hydrogen (secondary N) is 1. The van der Waals surface area contributed by atoms with Crippen molar-refractivity contribution in [3.05, 3.63) is 41.1 Å². The summed E-state index contributed by atoms with van der Waals surface area (Å²) in [5.41, 5.74) is 6.46. The summed E-state index contributed by atoms with van der Waals surface area (Å²) in [6.45, 7) is 1.58. The molecule has 5 heteroatoms. The van der Waals surface area contributed by atoms with E-state index in [9.17, 15) is 8.78 Å². The number of nitrogen functional groups attached to an aromatic ring is 1. The summed E-state index contributed by atoms with van der Waals surface area (Å²) in [5.74, 6) is -1.01. The average molecular weight is 249 g/mol. The highest BCUT2D eigenvalue weighted by Crippen LogP contribution is 2.34. The fourth-order valence-corrected chi connectivity index (χ4v) is 1.87. The van der Waals surface area contributed by atoms with E-state index in [4.69, 9.17) is 11.1 Å². The molecule has 1 aromatic heterocycles. The molecule has 1 aliphatic carbocycles. The van der Waals surface area contributed by atoms with Gasteiger partial charge in [-0.05, 0) is 31.6 Å². The summed E-state index contributed by atoms with van der Waals surface area (Å²) in [7, 11) is 0. The Balaban J connectivity index is 2.50. The first kappa shape index (κ1) is 12.4. The number of hydrogen-bond acceptors (Lipinski definition) is 3. The molecule has 1 aliphatic rings. The number of rotatable bonds is 2. The Morgan fingerprint density at radius 2 is 2.11 bits per heavy atom. The summed E-state index contributed by atoms with van der Waals surface area (Å²) in [4.78, 5) is 3.98. The van der Waals surface area contributed by atoms with Crippen molar-refractivity contribution in [3.63, 3.8) is 0 Å². The minimum absolute atomic E-state index is 0.110. The Morgan fingerprint density at radius 3 is 2.67 bits per heavy atom. The maximum atomic E-state index is 13.7. The zero-order valence-corrected chi connectivity index (χ0v) is 9.93. The van der Waals surface area contributed by atoms with Gasteiger partial charge < -0.3 is 11.1 Å². The number of aromatic nitrogens is 1. The molecule has 0 radical (unpaired) electrons. The van der Waals surface area contributed by atoms with E-state index in [0.29, 0.717) is 12.0 Å². The molecule has 1 aromatic rings. The standard InChI is InChI=1S/C13H13F2N3/c1-7(16)8-5-6-11(18-13(8)17)12-9(14)3-2-4-10(12)15/h3,5-6,16H,2,4H2,1H3,(H2,17,18). The molecule has 0 aliphatic heterocycles. The van der Waals surface area contributed by atoms with Gasteiger partial charge in [0.05, 0.1) is 11.3 Å². The van der Waals surface area contributed by atoms with E-state index in [0.717, 1.165) is 0 Å². The molecule has 3 nitrogen and oxygen atoms in total. The van der Waals surface area contributed by atoms with Crippen LogP contribution in [0.2, 0.25) is 0 Å². The largest absolute Gasteiger partial charge is 0.383 e. The number of allylic oxidation sites excluding steroid dienone is 4. The molecule has 0 spiro atoms. The highest BCUT2D eigenvalue weighted by Gasteiger charge is 2.20. The van der Waals surface area contributed by atoms with Crippen LogP contribution < -0.4 is 5.73 Å². The van der Waals surface area contributed by atoms with Crippen molar-refractivity contribution in [2.75, 3.05) is 5.73 Å². The summed E-state index contributed by atoms with van der Waals surface area (Å²) in [6, 6.07) is 3.04. The van der Waals surface area contributed by atoms with Gasteiger partial charge >= 0.3 is 0 Å². The zero-order valence-electron chi connectivity index (χ0n) is 9.93. The van der Waals surface area contributed by atoms with Gasteiger partial charge in [0.1, 0.15) is 17.5 Å². The monoisotopic (exact) mass is 249 g/mol. The molecule has 3 N–H and O–H groups in total. The first-order valence-electron chi connectivity index (χ1n) is 5.58. The van der Waals surface area contributed by atoms with Crippen LogP contribution in [0.4, 0.5) is 14.6 Å².